The molecular weight excluding hydrogens is 240 g/mol. The molecule has 0 saturated carbocycles. The Labute approximate surface area is 114 Å². The van der Waals surface area contributed by atoms with E-state index in [1.54, 1.807) is 11.0 Å². The van der Waals surface area contributed by atoms with Gasteiger partial charge in [-0.1, -0.05) is 6.92 Å². The van der Waals surface area contributed by atoms with E-state index in [1.807, 2.05) is 27.7 Å². The highest BCUT2D eigenvalue weighted by Gasteiger charge is 2.20. The van der Waals surface area contributed by atoms with Crippen LogP contribution in [-0.4, -0.2) is 34.1 Å². The van der Waals surface area contributed by atoms with Gasteiger partial charge in [-0.05, 0) is 33.3 Å². The zero-order valence-corrected chi connectivity index (χ0v) is 12.0. The van der Waals surface area contributed by atoms with Crippen LogP contribution in [0.3, 0.4) is 0 Å². The maximum absolute atomic E-state index is 12.5. The van der Waals surface area contributed by atoms with Crippen molar-refractivity contribution in [2.45, 2.75) is 34.1 Å². The minimum atomic E-state index is -0.176. The summed E-state index contributed by atoms with van der Waals surface area (Å²) in [6.07, 6.45) is 0.666. The van der Waals surface area contributed by atoms with Gasteiger partial charge in [-0.15, -0.1) is 0 Å². The number of carbonyl (C=O) groups is 1. The van der Waals surface area contributed by atoms with Crippen molar-refractivity contribution >= 4 is 5.91 Å². The lowest BCUT2D eigenvalue weighted by molar-refractivity contribution is 0.0750. The summed E-state index contributed by atoms with van der Waals surface area (Å²) in [4.78, 5) is 14.2. The van der Waals surface area contributed by atoms with Crippen LogP contribution in [0.25, 0.3) is 0 Å². The Morgan fingerprint density at radius 3 is 2.68 bits per heavy atom. The zero-order chi connectivity index (χ0) is 14.4. The Bertz CT molecular complexity index is 493. The number of amides is 1. The van der Waals surface area contributed by atoms with Gasteiger partial charge in [-0.25, -0.2) is 0 Å². The smallest absolute Gasteiger partial charge is 0.255 e. The zero-order valence-electron chi connectivity index (χ0n) is 12.0. The predicted octanol–water partition coefficient (Wildman–Crippen LogP) is 1.97. The van der Waals surface area contributed by atoms with E-state index in [0.29, 0.717) is 30.8 Å². The quantitative estimate of drug-likeness (QED) is 0.811. The highest BCUT2D eigenvalue weighted by molar-refractivity contribution is 5.95. The molecule has 102 valence electrons. The normalized spacial score (nSPS) is 11.7. The van der Waals surface area contributed by atoms with Gasteiger partial charge in [0.1, 0.15) is 0 Å². The summed E-state index contributed by atoms with van der Waals surface area (Å²) < 4.78 is 0. The lowest BCUT2D eigenvalue weighted by atomic mass is 10.1. The molecule has 0 aliphatic heterocycles. The summed E-state index contributed by atoms with van der Waals surface area (Å²) >= 11 is 0. The van der Waals surface area contributed by atoms with E-state index in [4.69, 9.17) is 5.26 Å². The third kappa shape index (κ3) is 3.75. The molecule has 1 aromatic rings. The Morgan fingerprint density at radius 2 is 2.16 bits per heavy atom. The maximum atomic E-state index is 12.5. The van der Waals surface area contributed by atoms with Gasteiger partial charge in [0.15, 0.2) is 0 Å². The number of nitriles is 1. The average molecular weight is 260 g/mol. The Hall–Kier alpha value is -1.96. The monoisotopic (exact) mass is 260 g/mol. The van der Waals surface area contributed by atoms with Gasteiger partial charge in [-0.3, -0.25) is 4.79 Å². The number of carbonyl (C=O) groups excluding carboxylic acids is 1. The minimum absolute atomic E-state index is 0.0700. The van der Waals surface area contributed by atoms with Crippen molar-refractivity contribution in [1.82, 2.24) is 15.1 Å². The fraction of sp³-hybridized carbons (Fsp3) is 0.571. The second-order valence-corrected chi connectivity index (χ2v) is 4.57. The molecule has 0 bridgehead atoms. The van der Waals surface area contributed by atoms with Gasteiger partial charge in [0.25, 0.3) is 5.91 Å². The molecule has 0 aliphatic rings. The molecule has 0 aliphatic carbocycles. The minimum Gasteiger partial charge on any atom is -0.338 e. The molecule has 0 aromatic carbocycles. The van der Waals surface area contributed by atoms with Gasteiger partial charge in [0.05, 0.1) is 28.9 Å². The van der Waals surface area contributed by atoms with Crippen molar-refractivity contribution in [3.63, 3.8) is 0 Å². The van der Waals surface area contributed by atoms with Crippen LogP contribution in [-0.2, 0) is 6.42 Å². The first-order valence-electron chi connectivity index (χ1n) is 6.55. The standard InChI is InChI=1S/C14H20N4O/c1-5-13-12(7-11(4)16-17-13)14(19)18(6-2)9-10(3)8-15/h7,10H,5-6,9H2,1-4H3. The molecule has 0 saturated heterocycles. The molecule has 1 aromatic heterocycles. The lowest BCUT2D eigenvalue weighted by Gasteiger charge is -2.22. The van der Waals surface area contributed by atoms with E-state index in [2.05, 4.69) is 16.3 Å². The van der Waals surface area contributed by atoms with Gasteiger partial charge in [0, 0.05) is 13.1 Å². The van der Waals surface area contributed by atoms with Gasteiger partial charge >= 0.3 is 0 Å². The van der Waals surface area contributed by atoms with Crippen LogP contribution < -0.4 is 0 Å². The van der Waals surface area contributed by atoms with Crippen LogP contribution in [0.5, 0.6) is 0 Å². The summed E-state index contributed by atoms with van der Waals surface area (Å²) in [5, 5.41) is 16.9. The van der Waals surface area contributed by atoms with E-state index in [0.717, 1.165) is 5.69 Å². The Kier molecular flexibility index (Phi) is 5.43. The third-order valence-corrected chi connectivity index (χ3v) is 2.94. The third-order valence-electron chi connectivity index (χ3n) is 2.94. The highest BCUT2D eigenvalue weighted by Crippen LogP contribution is 2.12. The van der Waals surface area contributed by atoms with Crippen LogP contribution in [0, 0.1) is 24.2 Å². The van der Waals surface area contributed by atoms with Crippen molar-refractivity contribution in [1.29, 1.82) is 5.26 Å². The predicted molar refractivity (Wildman–Crippen MR) is 72.5 cm³/mol. The van der Waals surface area contributed by atoms with E-state index in [9.17, 15) is 4.79 Å². The summed E-state index contributed by atoms with van der Waals surface area (Å²) in [5.74, 6) is -0.246. The number of hydrogen-bond acceptors (Lipinski definition) is 4. The molecule has 19 heavy (non-hydrogen) atoms. The lowest BCUT2D eigenvalue weighted by Crippen LogP contribution is -2.35. The first-order valence-corrected chi connectivity index (χ1v) is 6.55. The topological polar surface area (TPSA) is 69.9 Å². The van der Waals surface area contributed by atoms with Crippen molar-refractivity contribution in [3.05, 3.63) is 23.0 Å². The molecule has 1 heterocycles. The summed E-state index contributed by atoms with van der Waals surface area (Å²) in [5.41, 5.74) is 2.03. The van der Waals surface area contributed by atoms with Crippen LogP contribution in [0.4, 0.5) is 0 Å². The molecular formula is C14H20N4O. The average Bonchev–Trinajstić information content (AvgIpc) is 2.43. The number of aryl methyl sites for hydroxylation is 2. The maximum Gasteiger partial charge on any atom is 0.255 e. The number of hydrogen-bond donors (Lipinski definition) is 0. The van der Waals surface area contributed by atoms with Crippen LogP contribution in [0.15, 0.2) is 6.07 Å². The van der Waals surface area contributed by atoms with E-state index in [1.165, 1.54) is 0 Å². The molecule has 0 radical (unpaired) electrons. The summed E-state index contributed by atoms with van der Waals surface area (Å²) in [7, 11) is 0. The summed E-state index contributed by atoms with van der Waals surface area (Å²) in [6.45, 7) is 8.51. The molecule has 0 fully saturated rings. The van der Waals surface area contributed by atoms with Crippen molar-refractivity contribution in [2.75, 3.05) is 13.1 Å². The molecule has 0 N–H and O–H groups in total. The molecule has 1 unspecified atom stereocenters. The molecule has 1 atom stereocenters. The van der Waals surface area contributed by atoms with Gasteiger partial charge in [-0.2, -0.15) is 15.5 Å². The second-order valence-electron chi connectivity index (χ2n) is 4.57. The Morgan fingerprint density at radius 1 is 1.47 bits per heavy atom. The second kappa shape index (κ2) is 6.83. The fourth-order valence-electron chi connectivity index (χ4n) is 1.86. The van der Waals surface area contributed by atoms with E-state index in [-0.39, 0.29) is 11.8 Å². The van der Waals surface area contributed by atoms with E-state index < -0.39 is 0 Å². The van der Waals surface area contributed by atoms with Crippen molar-refractivity contribution < 1.29 is 4.79 Å². The van der Waals surface area contributed by atoms with Crippen molar-refractivity contribution in [3.8, 4) is 6.07 Å². The fourth-order valence-corrected chi connectivity index (χ4v) is 1.86. The van der Waals surface area contributed by atoms with Crippen LogP contribution in [0.2, 0.25) is 0 Å². The Balaban J connectivity index is 3.03. The molecule has 1 rings (SSSR count). The molecule has 0 spiro atoms. The number of nitrogens with zero attached hydrogens (tertiary/aromatic N) is 4. The number of rotatable bonds is 5. The molecule has 5 heteroatoms. The number of aromatic nitrogens is 2. The first kappa shape index (κ1) is 15.1. The highest BCUT2D eigenvalue weighted by atomic mass is 16.2. The van der Waals surface area contributed by atoms with Crippen molar-refractivity contribution in [2.24, 2.45) is 5.92 Å². The van der Waals surface area contributed by atoms with Gasteiger partial charge < -0.3 is 4.90 Å². The van der Waals surface area contributed by atoms with Crippen LogP contribution in [0.1, 0.15) is 42.5 Å². The molecule has 5 nitrogen and oxygen atoms in total. The first-order chi connectivity index (χ1) is 9.03. The molecule has 1 amide bonds. The SMILES string of the molecule is CCc1nnc(C)cc1C(=O)N(CC)CC(C)C#N. The van der Waals surface area contributed by atoms with Gasteiger partial charge in [0.2, 0.25) is 0 Å². The van der Waals surface area contributed by atoms with E-state index >= 15 is 0 Å². The summed E-state index contributed by atoms with van der Waals surface area (Å²) in [6, 6.07) is 3.93. The van der Waals surface area contributed by atoms with Crippen LogP contribution >= 0.6 is 0 Å². The largest absolute Gasteiger partial charge is 0.338 e.